The van der Waals surface area contributed by atoms with Crippen LogP contribution in [0.3, 0.4) is 0 Å². The minimum absolute atomic E-state index is 0.0392. The number of ether oxygens (including phenoxy) is 1. The van der Waals surface area contributed by atoms with Crippen molar-refractivity contribution in [1.82, 2.24) is 5.32 Å². The molecule has 2 rings (SSSR count). The minimum atomic E-state index is -0.267. The Morgan fingerprint density at radius 1 is 1.07 bits per heavy atom. The smallest absolute Gasteiger partial charge is 0.262 e. The van der Waals surface area contributed by atoms with E-state index in [1.165, 1.54) is 5.56 Å². The van der Waals surface area contributed by atoms with Gasteiger partial charge in [-0.05, 0) is 69.7 Å². The fourth-order valence-corrected chi connectivity index (χ4v) is 3.10. The van der Waals surface area contributed by atoms with Crippen LogP contribution >= 0.6 is 15.9 Å². The second-order valence-corrected chi connectivity index (χ2v) is 8.77. The van der Waals surface area contributed by atoms with Gasteiger partial charge in [0.05, 0.1) is 4.47 Å². The van der Waals surface area contributed by atoms with Crippen molar-refractivity contribution in [3.63, 3.8) is 0 Å². The van der Waals surface area contributed by atoms with E-state index < -0.39 is 0 Å². The van der Waals surface area contributed by atoms with Crippen LogP contribution in [-0.4, -0.2) is 25.0 Å². The third-order valence-corrected chi connectivity index (χ3v) is 5.02. The molecule has 156 valence electrons. The molecular weight excluding hydrogens is 432 g/mol. The Kier molecular flexibility index (Phi) is 8.26. The van der Waals surface area contributed by atoms with Gasteiger partial charge in [-0.1, -0.05) is 40.2 Å². The van der Waals surface area contributed by atoms with Crippen molar-refractivity contribution >= 4 is 33.4 Å². The lowest BCUT2D eigenvalue weighted by Crippen LogP contribution is -2.24. The van der Waals surface area contributed by atoms with Crippen molar-refractivity contribution in [3.05, 3.63) is 58.1 Å². The number of nitrogens with one attached hydrogen (secondary N) is 2. The van der Waals surface area contributed by atoms with Gasteiger partial charge in [-0.2, -0.15) is 0 Å². The third kappa shape index (κ3) is 7.20. The van der Waals surface area contributed by atoms with E-state index in [9.17, 15) is 9.59 Å². The SMILES string of the molecule is CCCCNC(=O)c1ccc(NC(=O)COc2ccc(C(C)(C)C)cc2Br)cc1. The predicted molar refractivity (Wildman–Crippen MR) is 121 cm³/mol. The summed E-state index contributed by atoms with van der Waals surface area (Å²) in [6.07, 6.45) is 1.99. The molecule has 29 heavy (non-hydrogen) atoms. The first-order chi connectivity index (χ1) is 13.7. The summed E-state index contributed by atoms with van der Waals surface area (Å²) >= 11 is 3.51. The molecule has 5 nitrogen and oxygen atoms in total. The van der Waals surface area contributed by atoms with Gasteiger partial charge < -0.3 is 15.4 Å². The van der Waals surface area contributed by atoms with Gasteiger partial charge >= 0.3 is 0 Å². The van der Waals surface area contributed by atoms with Gasteiger partial charge in [-0.3, -0.25) is 9.59 Å². The van der Waals surface area contributed by atoms with Crippen LogP contribution in [0.25, 0.3) is 0 Å². The Morgan fingerprint density at radius 2 is 1.76 bits per heavy atom. The van der Waals surface area contributed by atoms with Crippen molar-refractivity contribution in [2.45, 2.75) is 46.0 Å². The average Bonchev–Trinajstić information content (AvgIpc) is 2.67. The highest BCUT2D eigenvalue weighted by molar-refractivity contribution is 9.10. The maximum Gasteiger partial charge on any atom is 0.262 e. The van der Waals surface area contributed by atoms with Crippen LogP contribution in [0.4, 0.5) is 5.69 Å². The molecule has 2 amide bonds. The predicted octanol–water partition coefficient (Wildman–Crippen LogP) is 5.29. The standard InChI is InChI=1S/C23H29BrN2O3/c1-5-6-13-25-22(28)16-7-10-18(11-8-16)26-21(27)15-29-20-12-9-17(14-19(20)24)23(2,3)4/h7-12,14H,5-6,13,15H2,1-4H3,(H,25,28)(H,26,27). The number of carbonyl (C=O) groups excluding carboxylic acids is 2. The van der Waals surface area contributed by atoms with Crippen LogP contribution in [-0.2, 0) is 10.2 Å². The fourth-order valence-electron chi connectivity index (χ4n) is 2.61. The van der Waals surface area contributed by atoms with Gasteiger partial charge in [-0.15, -0.1) is 0 Å². The molecule has 0 aliphatic carbocycles. The normalized spacial score (nSPS) is 11.1. The van der Waals surface area contributed by atoms with Gasteiger partial charge in [0.1, 0.15) is 5.75 Å². The number of rotatable bonds is 8. The molecule has 0 fully saturated rings. The first-order valence-electron chi connectivity index (χ1n) is 9.81. The number of carbonyl (C=O) groups is 2. The number of hydrogen-bond donors (Lipinski definition) is 2. The zero-order valence-corrected chi connectivity index (χ0v) is 19.1. The Balaban J connectivity index is 1.87. The lowest BCUT2D eigenvalue weighted by molar-refractivity contribution is -0.118. The Morgan fingerprint density at radius 3 is 2.34 bits per heavy atom. The summed E-state index contributed by atoms with van der Waals surface area (Å²) in [5.41, 5.74) is 2.40. The molecule has 0 aliphatic rings. The number of anilines is 1. The molecule has 0 bridgehead atoms. The molecule has 0 aromatic heterocycles. The van der Waals surface area contributed by atoms with Crippen LogP contribution in [0.15, 0.2) is 46.9 Å². The lowest BCUT2D eigenvalue weighted by atomic mass is 9.87. The number of amides is 2. The van der Waals surface area contributed by atoms with Gasteiger partial charge in [0.2, 0.25) is 0 Å². The molecule has 0 spiro atoms. The van der Waals surface area contributed by atoms with Gasteiger partial charge in [0, 0.05) is 17.8 Å². The van der Waals surface area contributed by atoms with E-state index in [4.69, 9.17) is 4.74 Å². The molecule has 0 heterocycles. The Bertz CT molecular complexity index is 842. The van der Waals surface area contributed by atoms with Crippen LogP contribution in [0.5, 0.6) is 5.75 Å². The highest BCUT2D eigenvalue weighted by atomic mass is 79.9. The van der Waals surface area contributed by atoms with Crippen molar-refractivity contribution in [1.29, 1.82) is 0 Å². The van der Waals surface area contributed by atoms with E-state index in [1.807, 2.05) is 18.2 Å². The van der Waals surface area contributed by atoms with E-state index in [0.29, 0.717) is 23.5 Å². The first-order valence-corrected chi connectivity index (χ1v) is 10.6. The fraction of sp³-hybridized carbons (Fsp3) is 0.391. The molecule has 6 heteroatoms. The van der Waals surface area contributed by atoms with Crippen molar-refractivity contribution in [2.24, 2.45) is 0 Å². The molecule has 2 aromatic carbocycles. The number of benzene rings is 2. The molecule has 0 saturated carbocycles. The maximum atomic E-state index is 12.2. The molecular formula is C23H29BrN2O3. The summed E-state index contributed by atoms with van der Waals surface area (Å²) < 4.78 is 6.45. The van der Waals surface area contributed by atoms with Gasteiger partial charge in [0.15, 0.2) is 6.61 Å². The van der Waals surface area contributed by atoms with E-state index in [-0.39, 0.29) is 23.8 Å². The zero-order chi connectivity index (χ0) is 21.4. The monoisotopic (exact) mass is 460 g/mol. The highest BCUT2D eigenvalue weighted by Crippen LogP contribution is 2.31. The average molecular weight is 461 g/mol. The Labute approximate surface area is 181 Å². The molecule has 0 radical (unpaired) electrons. The van der Waals surface area contributed by atoms with Gasteiger partial charge in [0.25, 0.3) is 11.8 Å². The van der Waals surface area contributed by atoms with Crippen LogP contribution in [0, 0.1) is 0 Å². The van der Waals surface area contributed by atoms with E-state index >= 15 is 0 Å². The third-order valence-electron chi connectivity index (χ3n) is 4.40. The summed E-state index contributed by atoms with van der Waals surface area (Å²) in [5.74, 6) is 0.243. The van der Waals surface area contributed by atoms with Crippen LogP contribution < -0.4 is 15.4 Å². The molecule has 0 aliphatic heterocycles. The zero-order valence-electron chi connectivity index (χ0n) is 17.5. The maximum absolute atomic E-state index is 12.2. The van der Waals surface area contributed by atoms with Gasteiger partial charge in [-0.25, -0.2) is 0 Å². The quantitative estimate of drug-likeness (QED) is 0.525. The topological polar surface area (TPSA) is 67.4 Å². The van der Waals surface area contributed by atoms with Crippen molar-refractivity contribution in [3.8, 4) is 5.75 Å². The summed E-state index contributed by atoms with van der Waals surface area (Å²) in [7, 11) is 0. The summed E-state index contributed by atoms with van der Waals surface area (Å²) in [6, 6.07) is 12.7. The lowest BCUT2D eigenvalue weighted by Gasteiger charge is -2.20. The van der Waals surface area contributed by atoms with Crippen LogP contribution in [0.2, 0.25) is 0 Å². The Hall–Kier alpha value is -2.34. The molecule has 0 unspecified atom stereocenters. The molecule has 2 aromatic rings. The highest BCUT2D eigenvalue weighted by Gasteiger charge is 2.15. The summed E-state index contributed by atoms with van der Waals surface area (Å²) in [5, 5.41) is 5.64. The van der Waals surface area contributed by atoms with Crippen molar-refractivity contribution < 1.29 is 14.3 Å². The molecule has 0 atom stereocenters. The number of halogens is 1. The van der Waals surface area contributed by atoms with Crippen molar-refractivity contribution in [2.75, 3.05) is 18.5 Å². The minimum Gasteiger partial charge on any atom is -0.483 e. The summed E-state index contributed by atoms with van der Waals surface area (Å²) in [4.78, 5) is 24.2. The van der Waals surface area contributed by atoms with E-state index in [1.54, 1.807) is 24.3 Å². The number of unbranched alkanes of at least 4 members (excludes halogenated alkanes) is 1. The largest absolute Gasteiger partial charge is 0.483 e. The second kappa shape index (κ2) is 10.4. The van der Waals surface area contributed by atoms with E-state index in [0.717, 1.165) is 17.3 Å². The number of hydrogen-bond acceptors (Lipinski definition) is 3. The van der Waals surface area contributed by atoms with E-state index in [2.05, 4.69) is 54.3 Å². The molecule has 0 saturated heterocycles. The first kappa shape index (κ1) is 22.9. The van der Waals surface area contributed by atoms with Crippen LogP contribution in [0.1, 0.15) is 56.5 Å². The summed E-state index contributed by atoms with van der Waals surface area (Å²) in [6.45, 7) is 9.06. The second-order valence-electron chi connectivity index (χ2n) is 7.92. The molecule has 2 N–H and O–H groups in total.